The third-order valence-electron chi connectivity index (χ3n) is 5.08. The Morgan fingerprint density at radius 2 is 1.59 bits per heavy atom. The molecule has 0 bridgehead atoms. The molecule has 6 heteroatoms. The van der Waals surface area contributed by atoms with E-state index in [1.54, 1.807) is 0 Å². The smallest absolute Gasteiger partial charge is 0.220 e. The molecule has 0 spiro atoms. The van der Waals surface area contributed by atoms with Crippen molar-refractivity contribution in [1.82, 2.24) is 10.2 Å². The number of rotatable bonds is 6. The lowest BCUT2D eigenvalue weighted by molar-refractivity contribution is -0.123. The number of nitrogens with two attached hydrogens (primary N) is 1. The number of piperidine rings is 1. The van der Waals surface area contributed by atoms with Gasteiger partial charge in [0.25, 0.3) is 0 Å². The molecule has 2 aliphatic rings. The second-order valence-electron chi connectivity index (χ2n) is 6.69. The van der Waals surface area contributed by atoms with E-state index in [4.69, 9.17) is 5.73 Å². The maximum absolute atomic E-state index is 12.1. The number of nitrogens with one attached hydrogen (secondary N) is 1. The Kier molecular flexibility index (Phi) is 11.5. The topological polar surface area (TPSA) is 58.4 Å². The Hall–Kier alpha value is -0.0300. The highest BCUT2D eigenvalue weighted by molar-refractivity contribution is 5.85. The number of nitrogens with zero attached hydrogens (tertiary/aromatic N) is 1. The van der Waals surface area contributed by atoms with Crippen molar-refractivity contribution in [1.29, 1.82) is 0 Å². The fraction of sp³-hybridized carbons (Fsp3) is 0.938. The van der Waals surface area contributed by atoms with Gasteiger partial charge in [0.1, 0.15) is 0 Å². The summed E-state index contributed by atoms with van der Waals surface area (Å²) in [6.45, 7) is 4.85. The monoisotopic (exact) mass is 353 g/mol. The molecule has 0 aromatic carbocycles. The van der Waals surface area contributed by atoms with Gasteiger partial charge in [-0.1, -0.05) is 25.7 Å². The van der Waals surface area contributed by atoms with E-state index in [0.717, 1.165) is 25.9 Å². The summed E-state index contributed by atoms with van der Waals surface area (Å²) in [6.07, 6.45) is 10.6. The summed E-state index contributed by atoms with van der Waals surface area (Å²) in [7, 11) is 0. The van der Waals surface area contributed by atoms with Crippen LogP contribution >= 0.6 is 24.8 Å². The number of hydrogen-bond acceptors (Lipinski definition) is 3. The van der Waals surface area contributed by atoms with Crippen LogP contribution in [0.25, 0.3) is 0 Å². The van der Waals surface area contributed by atoms with Crippen molar-refractivity contribution < 1.29 is 4.79 Å². The van der Waals surface area contributed by atoms with Crippen LogP contribution < -0.4 is 11.1 Å². The summed E-state index contributed by atoms with van der Waals surface area (Å²) in [5.41, 5.74) is 6.03. The molecule has 132 valence electrons. The molecular weight excluding hydrogens is 321 g/mol. The molecule has 1 heterocycles. The minimum absolute atomic E-state index is 0. The first kappa shape index (κ1) is 22.0. The maximum atomic E-state index is 12.1. The zero-order valence-corrected chi connectivity index (χ0v) is 15.3. The van der Waals surface area contributed by atoms with Gasteiger partial charge in [0, 0.05) is 19.5 Å². The SMILES string of the molecule is Cl.Cl.NCC1(CC(=O)NCCN2CCCCC2)CCCCC1. The molecule has 0 atom stereocenters. The van der Waals surface area contributed by atoms with Crippen LogP contribution in [0.2, 0.25) is 0 Å². The van der Waals surface area contributed by atoms with Gasteiger partial charge < -0.3 is 16.0 Å². The number of amides is 1. The first-order valence-electron chi connectivity index (χ1n) is 8.43. The van der Waals surface area contributed by atoms with Gasteiger partial charge in [-0.3, -0.25) is 4.79 Å². The van der Waals surface area contributed by atoms with Gasteiger partial charge in [0.2, 0.25) is 5.91 Å². The standard InChI is InChI=1S/C16H31N3O.2ClH/c17-14-16(7-3-1-4-8-16)13-15(20)18-9-12-19-10-5-2-6-11-19;;/h1-14,17H2,(H,18,20);2*1H. The van der Waals surface area contributed by atoms with Crippen molar-refractivity contribution in [2.24, 2.45) is 11.1 Å². The number of halogens is 2. The van der Waals surface area contributed by atoms with Gasteiger partial charge in [-0.2, -0.15) is 0 Å². The van der Waals surface area contributed by atoms with E-state index in [9.17, 15) is 4.79 Å². The Bertz CT molecular complexity index is 304. The van der Waals surface area contributed by atoms with E-state index >= 15 is 0 Å². The summed E-state index contributed by atoms with van der Waals surface area (Å²) in [5, 5.41) is 3.10. The van der Waals surface area contributed by atoms with Crippen LogP contribution in [0.4, 0.5) is 0 Å². The number of carbonyl (C=O) groups is 1. The highest BCUT2D eigenvalue weighted by Gasteiger charge is 2.32. The molecular formula is C16H33Cl2N3O. The van der Waals surface area contributed by atoms with Crippen LogP contribution in [0.5, 0.6) is 0 Å². The predicted molar refractivity (Wildman–Crippen MR) is 97.0 cm³/mol. The lowest BCUT2D eigenvalue weighted by atomic mass is 9.71. The first-order chi connectivity index (χ1) is 9.74. The van der Waals surface area contributed by atoms with Gasteiger partial charge >= 0.3 is 0 Å². The second kappa shape index (κ2) is 11.5. The normalized spacial score (nSPS) is 21.3. The zero-order valence-electron chi connectivity index (χ0n) is 13.6. The molecule has 2 fully saturated rings. The third kappa shape index (κ3) is 7.03. The van der Waals surface area contributed by atoms with Crippen LogP contribution in [-0.4, -0.2) is 43.5 Å². The van der Waals surface area contributed by atoms with Crippen LogP contribution in [0.1, 0.15) is 57.8 Å². The third-order valence-corrected chi connectivity index (χ3v) is 5.08. The van der Waals surface area contributed by atoms with Crippen molar-refractivity contribution in [2.75, 3.05) is 32.7 Å². The van der Waals surface area contributed by atoms with Gasteiger partial charge in [0.05, 0.1) is 0 Å². The van der Waals surface area contributed by atoms with E-state index < -0.39 is 0 Å². The molecule has 0 aromatic heterocycles. The van der Waals surface area contributed by atoms with E-state index in [1.807, 2.05) is 0 Å². The Morgan fingerprint density at radius 3 is 2.18 bits per heavy atom. The highest BCUT2D eigenvalue weighted by atomic mass is 35.5. The number of hydrogen-bond donors (Lipinski definition) is 2. The maximum Gasteiger partial charge on any atom is 0.220 e. The lowest BCUT2D eigenvalue weighted by Gasteiger charge is -2.35. The number of likely N-dealkylation sites (tertiary alicyclic amines) is 1. The van der Waals surface area contributed by atoms with Crippen LogP contribution in [0.3, 0.4) is 0 Å². The van der Waals surface area contributed by atoms with E-state index in [0.29, 0.717) is 13.0 Å². The fourth-order valence-electron chi connectivity index (χ4n) is 3.69. The van der Waals surface area contributed by atoms with E-state index in [1.165, 1.54) is 51.6 Å². The summed E-state index contributed by atoms with van der Waals surface area (Å²) < 4.78 is 0. The van der Waals surface area contributed by atoms with Gasteiger partial charge in [-0.05, 0) is 50.7 Å². The van der Waals surface area contributed by atoms with Gasteiger partial charge in [-0.15, -0.1) is 24.8 Å². The Balaban J connectivity index is 0.00000220. The molecule has 1 aliphatic heterocycles. The molecule has 0 aromatic rings. The van der Waals surface area contributed by atoms with Crippen LogP contribution in [-0.2, 0) is 4.79 Å². The molecule has 0 radical (unpaired) electrons. The second-order valence-corrected chi connectivity index (χ2v) is 6.69. The largest absolute Gasteiger partial charge is 0.355 e. The number of carbonyl (C=O) groups excluding carboxylic acids is 1. The Labute approximate surface area is 147 Å². The quantitative estimate of drug-likeness (QED) is 0.771. The zero-order chi connectivity index (χ0) is 14.3. The van der Waals surface area contributed by atoms with Crippen molar-refractivity contribution in [3.8, 4) is 0 Å². The molecule has 0 unspecified atom stereocenters. The minimum atomic E-state index is 0. The van der Waals surface area contributed by atoms with Crippen molar-refractivity contribution in [3.63, 3.8) is 0 Å². The van der Waals surface area contributed by atoms with Gasteiger partial charge in [0.15, 0.2) is 0 Å². The van der Waals surface area contributed by atoms with Crippen molar-refractivity contribution >= 4 is 30.7 Å². The summed E-state index contributed by atoms with van der Waals surface area (Å²) >= 11 is 0. The van der Waals surface area contributed by atoms with Gasteiger partial charge in [-0.25, -0.2) is 0 Å². The predicted octanol–water partition coefficient (Wildman–Crippen LogP) is 2.73. The molecule has 22 heavy (non-hydrogen) atoms. The highest BCUT2D eigenvalue weighted by Crippen LogP contribution is 2.38. The van der Waals surface area contributed by atoms with E-state index in [2.05, 4.69) is 10.2 Å². The molecule has 3 N–H and O–H groups in total. The van der Waals surface area contributed by atoms with Crippen molar-refractivity contribution in [3.05, 3.63) is 0 Å². The molecule has 1 amide bonds. The Morgan fingerprint density at radius 1 is 1.00 bits per heavy atom. The van der Waals surface area contributed by atoms with Crippen LogP contribution in [0.15, 0.2) is 0 Å². The summed E-state index contributed by atoms with van der Waals surface area (Å²) in [4.78, 5) is 14.6. The van der Waals surface area contributed by atoms with Crippen LogP contribution in [0, 0.1) is 5.41 Å². The minimum Gasteiger partial charge on any atom is -0.355 e. The van der Waals surface area contributed by atoms with E-state index in [-0.39, 0.29) is 36.1 Å². The summed E-state index contributed by atoms with van der Waals surface area (Å²) in [5.74, 6) is 0.203. The average molecular weight is 354 g/mol. The molecule has 4 nitrogen and oxygen atoms in total. The molecule has 1 saturated heterocycles. The molecule has 2 rings (SSSR count). The first-order valence-corrected chi connectivity index (χ1v) is 8.43. The fourth-order valence-corrected chi connectivity index (χ4v) is 3.69. The molecule has 1 saturated carbocycles. The average Bonchev–Trinajstić information content (AvgIpc) is 2.49. The summed E-state index contributed by atoms with van der Waals surface area (Å²) in [6, 6.07) is 0. The van der Waals surface area contributed by atoms with Crippen molar-refractivity contribution in [2.45, 2.75) is 57.8 Å². The lowest BCUT2D eigenvalue weighted by Crippen LogP contribution is -2.41. The molecule has 1 aliphatic carbocycles.